The number of carbonyl (C=O) groups excluding carboxylic acids is 3. The predicted molar refractivity (Wildman–Crippen MR) is 75.9 cm³/mol. The molecule has 1 saturated heterocycles. The Labute approximate surface area is 120 Å². The van der Waals surface area contributed by atoms with Crippen LogP contribution in [0.15, 0.2) is 0 Å². The van der Waals surface area contributed by atoms with Gasteiger partial charge in [-0.25, -0.2) is 0 Å². The number of hydrogen-bond donors (Lipinski definition) is 2. The number of hydrogen-bond acceptors (Lipinski definition) is 4. The topological polar surface area (TPSA) is 92.5 Å². The second kappa shape index (κ2) is 7.99. The number of nitrogens with zero attached hydrogens (tertiary/aromatic N) is 1. The normalized spacial score (nSPS) is 19.8. The minimum absolute atomic E-state index is 0.0131. The average molecular weight is 283 g/mol. The first-order chi connectivity index (χ1) is 9.47. The van der Waals surface area contributed by atoms with E-state index in [9.17, 15) is 14.4 Å². The molecule has 2 amide bonds. The van der Waals surface area contributed by atoms with Gasteiger partial charge in [0.25, 0.3) is 0 Å². The Morgan fingerprint density at radius 3 is 2.70 bits per heavy atom. The van der Waals surface area contributed by atoms with Crippen LogP contribution in [0.5, 0.6) is 0 Å². The van der Waals surface area contributed by atoms with Crippen molar-refractivity contribution in [2.45, 2.75) is 58.0 Å². The zero-order valence-corrected chi connectivity index (χ0v) is 12.4. The second-order valence-electron chi connectivity index (χ2n) is 5.36. The van der Waals surface area contributed by atoms with Gasteiger partial charge < -0.3 is 16.0 Å². The number of likely N-dealkylation sites (tertiary alicyclic amines) is 1. The molecule has 0 bridgehead atoms. The number of carbonyl (C=O) groups is 3. The molecule has 3 N–H and O–H groups in total. The molecule has 0 aromatic carbocycles. The van der Waals surface area contributed by atoms with Gasteiger partial charge >= 0.3 is 0 Å². The molecule has 114 valence electrons. The summed E-state index contributed by atoms with van der Waals surface area (Å²) in [4.78, 5) is 36.7. The molecule has 1 fully saturated rings. The first-order valence-electron chi connectivity index (χ1n) is 7.30. The van der Waals surface area contributed by atoms with Crippen molar-refractivity contribution >= 4 is 17.6 Å². The van der Waals surface area contributed by atoms with Crippen LogP contribution < -0.4 is 11.1 Å². The third-order valence-corrected chi connectivity index (χ3v) is 3.54. The van der Waals surface area contributed by atoms with E-state index < -0.39 is 12.1 Å². The van der Waals surface area contributed by atoms with Crippen LogP contribution in [0.1, 0.15) is 46.0 Å². The summed E-state index contributed by atoms with van der Waals surface area (Å²) >= 11 is 0. The molecule has 2 atom stereocenters. The Morgan fingerprint density at radius 2 is 2.10 bits per heavy atom. The SMILES string of the molecule is CCCC[C@H](N)C(=O)N1CCC[C@H]1C(=O)NCC(C)=O. The molecule has 0 saturated carbocycles. The summed E-state index contributed by atoms with van der Waals surface area (Å²) < 4.78 is 0. The van der Waals surface area contributed by atoms with E-state index in [1.807, 2.05) is 6.92 Å². The summed E-state index contributed by atoms with van der Waals surface area (Å²) in [7, 11) is 0. The van der Waals surface area contributed by atoms with Crippen LogP contribution in [0.2, 0.25) is 0 Å². The van der Waals surface area contributed by atoms with Crippen molar-refractivity contribution in [3.05, 3.63) is 0 Å². The van der Waals surface area contributed by atoms with Gasteiger partial charge in [0.2, 0.25) is 11.8 Å². The lowest BCUT2D eigenvalue weighted by molar-refractivity contribution is -0.139. The zero-order valence-electron chi connectivity index (χ0n) is 12.4. The molecule has 1 aliphatic rings. The number of Topliss-reactive ketones (excluding diaryl/α,β-unsaturated/α-hetero) is 1. The predicted octanol–water partition coefficient (Wildman–Crippen LogP) is 0.200. The van der Waals surface area contributed by atoms with Gasteiger partial charge in [0.1, 0.15) is 11.8 Å². The van der Waals surface area contributed by atoms with Crippen LogP contribution in [0.3, 0.4) is 0 Å². The minimum atomic E-state index is -0.531. The maximum absolute atomic E-state index is 12.3. The van der Waals surface area contributed by atoms with Crippen LogP contribution in [-0.4, -0.2) is 47.7 Å². The minimum Gasteiger partial charge on any atom is -0.347 e. The first-order valence-corrected chi connectivity index (χ1v) is 7.30. The molecule has 20 heavy (non-hydrogen) atoms. The van der Waals surface area contributed by atoms with Crippen molar-refractivity contribution < 1.29 is 14.4 Å². The highest BCUT2D eigenvalue weighted by atomic mass is 16.2. The number of amides is 2. The lowest BCUT2D eigenvalue weighted by Crippen LogP contribution is -2.51. The average Bonchev–Trinajstić information content (AvgIpc) is 2.90. The van der Waals surface area contributed by atoms with Crippen molar-refractivity contribution in [1.29, 1.82) is 0 Å². The highest BCUT2D eigenvalue weighted by Gasteiger charge is 2.35. The Hall–Kier alpha value is -1.43. The fraction of sp³-hybridized carbons (Fsp3) is 0.786. The summed E-state index contributed by atoms with van der Waals surface area (Å²) in [6.45, 7) is 4.04. The fourth-order valence-electron chi connectivity index (χ4n) is 2.39. The molecule has 6 nitrogen and oxygen atoms in total. The van der Waals surface area contributed by atoms with Crippen molar-refractivity contribution in [2.24, 2.45) is 5.73 Å². The molecule has 1 heterocycles. The zero-order chi connectivity index (χ0) is 15.1. The third kappa shape index (κ3) is 4.59. The van der Waals surface area contributed by atoms with Gasteiger partial charge in [-0.05, 0) is 26.2 Å². The lowest BCUT2D eigenvalue weighted by atomic mass is 10.1. The van der Waals surface area contributed by atoms with Gasteiger partial charge in [0, 0.05) is 6.54 Å². The largest absolute Gasteiger partial charge is 0.347 e. The van der Waals surface area contributed by atoms with Gasteiger partial charge in [-0.1, -0.05) is 19.8 Å². The van der Waals surface area contributed by atoms with Crippen molar-refractivity contribution in [1.82, 2.24) is 10.2 Å². The number of rotatable bonds is 7. The van der Waals surface area contributed by atoms with Crippen molar-refractivity contribution in [2.75, 3.05) is 13.1 Å². The van der Waals surface area contributed by atoms with Crippen LogP contribution in [-0.2, 0) is 14.4 Å². The van der Waals surface area contributed by atoms with E-state index in [1.54, 1.807) is 4.90 Å². The van der Waals surface area contributed by atoms with E-state index in [-0.39, 0.29) is 24.1 Å². The van der Waals surface area contributed by atoms with Crippen LogP contribution in [0, 0.1) is 0 Å². The summed E-state index contributed by atoms with van der Waals surface area (Å²) in [5.74, 6) is -0.512. The van der Waals surface area contributed by atoms with Crippen LogP contribution >= 0.6 is 0 Å². The van der Waals surface area contributed by atoms with Crippen molar-refractivity contribution in [3.63, 3.8) is 0 Å². The smallest absolute Gasteiger partial charge is 0.243 e. The molecule has 0 spiro atoms. The van der Waals surface area contributed by atoms with Crippen LogP contribution in [0.4, 0.5) is 0 Å². The van der Waals surface area contributed by atoms with E-state index in [0.29, 0.717) is 19.4 Å². The Balaban J connectivity index is 2.57. The number of ketones is 1. The first kappa shape index (κ1) is 16.6. The molecule has 1 rings (SSSR count). The summed E-state index contributed by atoms with van der Waals surface area (Å²) in [6, 6.07) is -1.01. The molecule has 0 radical (unpaired) electrons. The third-order valence-electron chi connectivity index (χ3n) is 3.54. The highest BCUT2D eigenvalue weighted by Crippen LogP contribution is 2.19. The Bertz CT molecular complexity index is 371. The maximum atomic E-state index is 12.3. The summed E-state index contributed by atoms with van der Waals surface area (Å²) in [5.41, 5.74) is 5.89. The van der Waals surface area contributed by atoms with Gasteiger partial charge in [0.05, 0.1) is 12.6 Å². The molecule has 0 aromatic rings. The summed E-state index contributed by atoms with van der Waals surface area (Å²) in [6.07, 6.45) is 3.97. The number of nitrogens with one attached hydrogen (secondary N) is 1. The summed E-state index contributed by atoms with van der Waals surface area (Å²) in [5, 5.41) is 2.57. The second-order valence-corrected chi connectivity index (χ2v) is 5.36. The van der Waals surface area contributed by atoms with Crippen LogP contribution in [0.25, 0.3) is 0 Å². The van der Waals surface area contributed by atoms with Gasteiger partial charge in [-0.2, -0.15) is 0 Å². The van der Waals surface area contributed by atoms with E-state index in [1.165, 1.54) is 6.92 Å². The molecular formula is C14H25N3O3. The molecular weight excluding hydrogens is 258 g/mol. The van der Waals surface area contributed by atoms with E-state index in [0.717, 1.165) is 19.3 Å². The highest BCUT2D eigenvalue weighted by molar-refractivity contribution is 5.92. The van der Waals surface area contributed by atoms with Crippen molar-refractivity contribution in [3.8, 4) is 0 Å². The number of unbranched alkanes of at least 4 members (excludes halogenated alkanes) is 1. The van der Waals surface area contributed by atoms with E-state index in [4.69, 9.17) is 5.73 Å². The fourth-order valence-corrected chi connectivity index (χ4v) is 2.39. The van der Waals surface area contributed by atoms with Gasteiger partial charge in [0.15, 0.2) is 0 Å². The lowest BCUT2D eigenvalue weighted by Gasteiger charge is -2.26. The quantitative estimate of drug-likeness (QED) is 0.698. The molecule has 0 unspecified atom stereocenters. The Morgan fingerprint density at radius 1 is 1.40 bits per heavy atom. The van der Waals surface area contributed by atoms with Gasteiger partial charge in [-0.15, -0.1) is 0 Å². The molecule has 0 aromatic heterocycles. The van der Waals surface area contributed by atoms with E-state index >= 15 is 0 Å². The molecule has 6 heteroatoms. The van der Waals surface area contributed by atoms with E-state index in [2.05, 4.69) is 5.32 Å². The Kier molecular flexibility index (Phi) is 6.64. The molecule has 0 aliphatic carbocycles. The number of nitrogens with two attached hydrogens (primary N) is 1. The maximum Gasteiger partial charge on any atom is 0.243 e. The molecule has 1 aliphatic heterocycles. The standard InChI is InChI=1S/C14H25N3O3/c1-3-4-6-11(15)14(20)17-8-5-7-12(17)13(19)16-9-10(2)18/h11-12H,3-9,15H2,1-2H3,(H,16,19)/t11-,12-/m0/s1. The monoisotopic (exact) mass is 283 g/mol. The van der Waals surface area contributed by atoms with Gasteiger partial charge in [-0.3, -0.25) is 14.4 Å².